The van der Waals surface area contributed by atoms with Crippen LogP contribution in [0.4, 0.5) is 0 Å². The van der Waals surface area contributed by atoms with E-state index in [0.29, 0.717) is 18.0 Å². The van der Waals surface area contributed by atoms with Crippen molar-refractivity contribution in [2.24, 2.45) is 0 Å². The molecule has 0 aliphatic rings. The van der Waals surface area contributed by atoms with Gasteiger partial charge in [-0.3, -0.25) is 0 Å². The predicted molar refractivity (Wildman–Crippen MR) is 72.0 cm³/mol. The second-order valence-electron chi connectivity index (χ2n) is 4.36. The molecule has 0 aliphatic heterocycles. The summed E-state index contributed by atoms with van der Waals surface area (Å²) in [4.78, 5) is 8.52. The molecule has 5 heteroatoms. The van der Waals surface area contributed by atoms with E-state index in [9.17, 15) is 5.11 Å². The van der Waals surface area contributed by atoms with Crippen molar-refractivity contribution in [1.82, 2.24) is 14.5 Å². The fourth-order valence-electron chi connectivity index (χ4n) is 1.98. The molecule has 0 bridgehead atoms. The van der Waals surface area contributed by atoms with E-state index in [1.165, 1.54) is 0 Å². The number of imidazole rings is 1. The SMILES string of the molecule is CCCn1ccnc1CC(O)c1cccc(OC)n1. The monoisotopic (exact) mass is 261 g/mol. The van der Waals surface area contributed by atoms with Crippen LogP contribution in [0, 0.1) is 0 Å². The van der Waals surface area contributed by atoms with E-state index in [0.717, 1.165) is 18.8 Å². The highest BCUT2D eigenvalue weighted by molar-refractivity contribution is 5.18. The number of aromatic nitrogens is 3. The van der Waals surface area contributed by atoms with Gasteiger partial charge in [0.05, 0.1) is 12.8 Å². The molecular formula is C14H19N3O2. The summed E-state index contributed by atoms with van der Waals surface area (Å²) >= 11 is 0. The van der Waals surface area contributed by atoms with E-state index in [-0.39, 0.29) is 0 Å². The van der Waals surface area contributed by atoms with Crippen LogP contribution in [0.25, 0.3) is 0 Å². The van der Waals surface area contributed by atoms with Crippen molar-refractivity contribution >= 4 is 0 Å². The molecule has 0 amide bonds. The summed E-state index contributed by atoms with van der Waals surface area (Å²) in [6, 6.07) is 5.37. The van der Waals surface area contributed by atoms with E-state index < -0.39 is 6.10 Å². The van der Waals surface area contributed by atoms with Gasteiger partial charge in [-0.05, 0) is 12.5 Å². The number of aryl methyl sites for hydroxylation is 1. The van der Waals surface area contributed by atoms with Crippen LogP contribution in [0.5, 0.6) is 5.88 Å². The molecule has 0 saturated heterocycles. The normalized spacial score (nSPS) is 12.4. The Morgan fingerprint density at radius 2 is 2.26 bits per heavy atom. The van der Waals surface area contributed by atoms with E-state index in [2.05, 4.69) is 21.5 Å². The molecule has 2 aromatic rings. The summed E-state index contributed by atoms with van der Waals surface area (Å²) < 4.78 is 7.12. The van der Waals surface area contributed by atoms with Gasteiger partial charge in [-0.15, -0.1) is 0 Å². The van der Waals surface area contributed by atoms with Gasteiger partial charge in [0.25, 0.3) is 0 Å². The largest absolute Gasteiger partial charge is 0.481 e. The molecule has 19 heavy (non-hydrogen) atoms. The second-order valence-corrected chi connectivity index (χ2v) is 4.36. The number of pyridine rings is 1. The molecule has 5 nitrogen and oxygen atoms in total. The van der Waals surface area contributed by atoms with Gasteiger partial charge >= 0.3 is 0 Å². The maximum atomic E-state index is 10.2. The topological polar surface area (TPSA) is 60.2 Å². The molecule has 0 saturated carbocycles. The third-order valence-corrected chi connectivity index (χ3v) is 2.94. The van der Waals surface area contributed by atoms with Crippen molar-refractivity contribution in [3.05, 3.63) is 42.1 Å². The van der Waals surface area contributed by atoms with Crippen molar-refractivity contribution in [3.63, 3.8) is 0 Å². The molecule has 1 unspecified atom stereocenters. The molecule has 2 rings (SSSR count). The first-order valence-electron chi connectivity index (χ1n) is 6.43. The van der Waals surface area contributed by atoms with E-state index in [1.54, 1.807) is 25.4 Å². The Kier molecular flexibility index (Phi) is 4.52. The average Bonchev–Trinajstić information content (AvgIpc) is 2.86. The lowest BCUT2D eigenvalue weighted by molar-refractivity contribution is 0.168. The standard InChI is InChI=1S/C14H19N3O2/c1-3-8-17-9-7-15-13(17)10-12(18)11-5-4-6-14(16-11)19-2/h4-7,9,12,18H,3,8,10H2,1-2H3. The molecule has 0 fully saturated rings. The van der Waals surface area contributed by atoms with Gasteiger partial charge in [0.15, 0.2) is 0 Å². The van der Waals surface area contributed by atoms with Crippen LogP contribution in [0.15, 0.2) is 30.6 Å². The van der Waals surface area contributed by atoms with Gasteiger partial charge in [-0.2, -0.15) is 0 Å². The lowest BCUT2D eigenvalue weighted by Crippen LogP contribution is -2.10. The van der Waals surface area contributed by atoms with Crippen LogP contribution < -0.4 is 4.74 Å². The van der Waals surface area contributed by atoms with Crippen LogP contribution in [0.1, 0.15) is 31.0 Å². The summed E-state index contributed by atoms with van der Waals surface area (Å²) in [6.07, 6.45) is 4.51. The number of aliphatic hydroxyl groups excluding tert-OH is 1. The van der Waals surface area contributed by atoms with Crippen LogP contribution in [0.2, 0.25) is 0 Å². The van der Waals surface area contributed by atoms with Crippen molar-refractivity contribution in [3.8, 4) is 5.88 Å². The van der Waals surface area contributed by atoms with Gasteiger partial charge in [0.1, 0.15) is 11.9 Å². The fourth-order valence-corrected chi connectivity index (χ4v) is 1.98. The lowest BCUT2D eigenvalue weighted by Gasteiger charge is -2.12. The molecule has 0 aromatic carbocycles. The summed E-state index contributed by atoms with van der Waals surface area (Å²) in [6.45, 7) is 3.03. The number of hydrogen-bond acceptors (Lipinski definition) is 4. The maximum absolute atomic E-state index is 10.2. The third kappa shape index (κ3) is 3.32. The molecule has 1 atom stereocenters. The van der Waals surface area contributed by atoms with Crippen molar-refractivity contribution in [2.45, 2.75) is 32.4 Å². The first-order chi connectivity index (χ1) is 9.24. The van der Waals surface area contributed by atoms with Gasteiger partial charge in [-0.1, -0.05) is 13.0 Å². The van der Waals surface area contributed by atoms with Crippen molar-refractivity contribution < 1.29 is 9.84 Å². The molecule has 0 aliphatic carbocycles. The quantitative estimate of drug-likeness (QED) is 0.863. The number of nitrogens with zero attached hydrogens (tertiary/aromatic N) is 3. The van der Waals surface area contributed by atoms with Gasteiger partial charge in [0, 0.05) is 31.4 Å². The average molecular weight is 261 g/mol. The number of ether oxygens (including phenoxy) is 1. The predicted octanol–water partition coefficient (Wildman–Crippen LogP) is 1.97. The van der Waals surface area contributed by atoms with E-state index >= 15 is 0 Å². The molecule has 2 heterocycles. The van der Waals surface area contributed by atoms with Gasteiger partial charge < -0.3 is 14.4 Å². The zero-order valence-electron chi connectivity index (χ0n) is 11.3. The Morgan fingerprint density at radius 3 is 3.00 bits per heavy atom. The van der Waals surface area contributed by atoms with Gasteiger partial charge in [0.2, 0.25) is 5.88 Å². The van der Waals surface area contributed by atoms with Gasteiger partial charge in [-0.25, -0.2) is 9.97 Å². The lowest BCUT2D eigenvalue weighted by atomic mass is 10.1. The Labute approximate surface area is 112 Å². The highest BCUT2D eigenvalue weighted by atomic mass is 16.5. The van der Waals surface area contributed by atoms with Crippen LogP contribution >= 0.6 is 0 Å². The highest BCUT2D eigenvalue weighted by Crippen LogP contribution is 2.18. The van der Waals surface area contributed by atoms with Crippen LogP contribution in [-0.4, -0.2) is 26.8 Å². The summed E-state index contributed by atoms with van der Waals surface area (Å²) in [5.41, 5.74) is 0.602. The molecular weight excluding hydrogens is 242 g/mol. The Balaban J connectivity index is 2.11. The first-order valence-corrected chi connectivity index (χ1v) is 6.43. The summed E-state index contributed by atoms with van der Waals surface area (Å²) in [5, 5.41) is 10.2. The van der Waals surface area contributed by atoms with Crippen LogP contribution in [-0.2, 0) is 13.0 Å². The van der Waals surface area contributed by atoms with E-state index in [1.807, 2.05) is 12.3 Å². The molecule has 2 aromatic heterocycles. The summed E-state index contributed by atoms with van der Waals surface area (Å²) in [7, 11) is 1.56. The van der Waals surface area contributed by atoms with Crippen molar-refractivity contribution in [2.75, 3.05) is 7.11 Å². The van der Waals surface area contributed by atoms with Crippen molar-refractivity contribution in [1.29, 1.82) is 0 Å². The summed E-state index contributed by atoms with van der Waals surface area (Å²) in [5.74, 6) is 1.38. The zero-order valence-corrected chi connectivity index (χ0v) is 11.3. The number of hydrogen-bond donors (Lipinski definition) is 1. The minimum Gasteiger partial charge on any atom is -0.481 e. The Bertz CT molecular complexity index is 525. The third-order valence-electron chi connectivity index (χ3n) is 2.94. The number of methoxy groups -OCH3 is 1. The molecule has 0 spiro atoms. The molecule has 102 valence electrons. The fraction of sp³-hybridized carbons (Fsp3) is 0.429. The van der Waals surface area contributed by atoms with Crippen LogP contribution in [0.3, 0.4) is 0 Å². The number of rotatable bonds is 6. The Hall–Kier alpha value is -1.88. The first kappa shape index (κ1) is 13.5. The highest BCUT2D eigenvalue weighted by Gasteiger charge is 2.14. The zero-order chi connectivity index (χ0) is 13.7. The Morgan fingerprint density at radius 1 is 1.42 bits per heavy atom. The molecule has 0 radical (unpaired) electrons. The smallest absolute Gasteiger partial charge is 0.213 e. The maximum Gasteiger partial charge on any atom is 0.213 e. The number of aliphatic hydroxyl groups is 1. The second kappa shape index (κ2) is 6.33. The minimum absolute atomic E-state index is 0.452. The minimum atomic E-state index is -0.673. The molecule has 1 N–H and O–H groups in total. The van der Waals surface area contributed by atoms with E-state index in [4.69, 9.17) is 4.74 Å².